The molecule has 1 aromatic rings. The van der Waals surface area contributed by atoms with Gasteiger partial charge in [0.25, 0.3) is 0 Å². The van der Waals surface area contributed by atoms with Gasteiger partial charge in [0.2, 0.25) is 0 Å². The highest BCUT2D eigenvalue weighted by Crippen LogP contribution is 2.15. The molecule has 1 fully saturated rings. The van der Waals surface area contributed by atoms with Crippen molar-refractivity contribution in [2.75, 3.05) is 18.5 Å². The molecule has 1 saturated heterocycles. The van der Waals surface area contributed by atoms with Crippen LogP contribution in [-0.4, -0.2) is 29.2 Å². The number of nitrogens with zero attached hydrogens (tertiary/aromatic N) is 2. The summed E-state index contributed by atoms with van der Waals surface area (Å²) < 4.78 is 5.62. The second-order valence-electron chi connectivity index (χ2n) is 3.99. The molecule has 0 radical (unpaired) electrons. The smallest absolute Gasteiger partial charge is 0.134 e. The van der Waals surface area contributed by atoms with Crippen molar-refractivity contribution in [3.63, 3.8) is 0 Å². The average molecular weight is 242 g/mol. The van der Waals surface area contributed by atoms with Crippen molar-refractivity contribution in [1.29, 1.82) is 0 Å². The summed E-state index contributed by atoms with van der Waals surface area (Å²) in [4.78, 5) is 8.27. The van der Waals surface area contributed by atoms with Crippen molar-refractivity contribution in [3.05, 3.63) is 17.0 Å². The molecule has 5 heteroatoms. The number of nitrogens with one attached hydrogen (secondary N) is 1. The molecule has 4 nitrogen and oxygen atoms in total. The molecule has 1 aromatic heterocycles. The summed E-state index contributed by atoms with van der Waals surface area (Å²) in [6.45, 7) is 3.48. The Morgan fingerprint density at radius 3 is 3.06 bits per heavy atom. The molecule has 2 rings (SSSR count). The molecule has 16 heavy (non-hydrogen) atoms. The molecule has 1 aliphatic rings. The minimum Gasteiger partial charge on any atom is -0.376 e. The van der Waals surface area contributed by atoms with Gasteiger partial charge < -0.3 is 10.1 Å². The normalized spacial score (nSPS) is 20.8. The van der Waals surface area contributed by atoms with Gasteiger partial charge in [-0.3, -0.25) is 0 Å². The van der Waals surface area contributed by atoms with E-state index in [1.165, 1.54) is 12.8 Å². The monoisotopic (exact) mass is 241 g/mol. The summed E-state index contributed by atoms with van der Waals surface area (Å²) in [7, 11) is 0. The number of aryl methyl sites for hydroxylation is 1. The molecule has 1 N–H and O–H groups in total. The standard InChI is InChI=1S/C11H16ClN3O/c1-8-14-10(12)6-11(15-8)13-7-9-4-2-3-5-16-9/h6,9H,2-5,7H2,1H3,(H,13,14,15). The quantitative estimate of drug-likeness (QED) is 0.826. The lowest BCUT2D eigenvalue weighted by molar-refractivity contribution is 0.0247. The molecule has 0 amide bonds. The molecule has 0 bridgehead atoms. The molecule has 0 aromatic carbocycles. The molecule has 0 saturated carbocycles. The zero-order chi connectivity index (χ0) is 11.4. The van der Waals surface area contributed by atoms with Crippen LogP contribution in [0.2, 0.25) is 5.15 Å². The lowest BCUT2D eigenvalue weighted by Crippen LogP contribution is -2.27. The van der Waals surface area contributed by atoms with Crippen molar-refractivity contribution in [1.82, 2.24) is 9.97 Å². The maximum Gasteiger partial charge on any atom is 0.134 e. The van der Waals surface area contributed by atoms with E-state index in [9.17, 15) is 0 Å². The Labute approximate surface area is 100 Å². The van der Waals surface area contributed by atoms with Gasteiger partial charge in [-0.15, -0.1) is 0 Å². The first-order valence-electron chi connectivity index (χ1n) is 5.61. The second kappa shape index (κ2) is 5.46. The molecule has 1 aliphatic heterocycles. The maximum atomic E-state index is 5.85. The predicted octanol–water partition coefficient (Wildman–Crippen LogP) is 2.42. The van der Waals surface area contributed by atoms with Crippen molar-refractivity contribution >= 4 is 17.4 Å². The highest BCUT2D eigenvalue weighted by Gasteiger charge is 2.13. The van der Waals surface area contributed by atoms with Gasteiger partial charge in [0.15, 0.2) is 0 Å². The molecule has 1 unspecified atom stereocenters. The van der Waals surface area contributed by atoms with E-state index in [1.807, 2.05) is 6.92 Å². The summed E-state index contributed by atoms with van der Waals surface area (Å²) in [6, 6.07) is 1.73. The number of anilines is 1. The number of aromatic nitrogens is 2. The first-order chi connectivity index (χ1) is 7.74. The van der Waals surface area contributed by atoms with Crippen molar-refractivity contribution in [2.45, 2.75) is 32.3 Å². The van der Waals surface area contributed by atoms with Crippen LogP contribution < -0.4 is 5.32 Å². The van der Waals surface area contributed by atoms with Crippen LogP contribution in [0.5, 0.6) is 0 Å². The van der Waals surface area contributed by atoms with Gasteiger partial charge in [-0.2, -0.15) is 0 Å². The number of ether oxygens (including phenoxy) is 1. The summed E-state index contributed by atoms with van der Waals surface area (Å²) in [5, 5.41) is 3.71. The molecule has 1 atom stereocenters. The van der Waals surface area contributed by atoms with Gasteiger partial charge in [0.05, 0.1) is 6.10 Å². The van der Waals surface area contributed by atoms with Crippen LogP contribution in [0, 0.1) is 6.92 Å². The van der Waals surface area contributed by atoms with Crippen molar-refractivity contribution in [2.24, 2.45) is 0 Å². The van der Waals surface area contributed by atoms with Crippen LogP contribution in [-0.2, 0) is 4.74 Å². The minimum absolute atomic E-state index is 0.294. The molecule has 2 heterocycles. The van der Waals surface area contributed by atoms with Crippen molar-refractivity contribution in [3.8, 4) is 0 Å². The first kappa shape index (κ1) is 11.6. The van der Waals surface area contributed by atoms with E-state index in [1.54, 1.807) is 6.07 Å². The van der Waals surface area contributed by atoms with Gasteiger partial charge in [0.1, 0.15) is 16.8 Å². The average Bonchev–Trinajstić information content (AvgIpc) is 2.27. The van der Waals surface area contributed by atoms with E-state index in [0.717, 1.165) is 25.4 Å². The van der Waals surface area contributed by atoms with E-state index in [4.69, 9.17) is 16.3 Å². The highest BCUT2D eigenvalue weighted by molar-refractivity contribution is 6.29. The Balaban J connectivity index is 1.88. The lowest BCUT2D eigenvalue weighted by Gasteiger charge is -2.22. The molecular formula is C11H16ClN3O. The molecule has 0 aliphatic carbocycles. The van der Waals surface area contributed by atoms with Crippen LogP contribution in [0.15, 0.2) is 6.07 Å². The van der Waals surface area contributed by atoms with Crippen LogP contribution in [0.1, 0.15) is 25.1 Å². The lowest BCUT2D eigenvalue weighted by atomic mass is 10.1. The fourth-order valence-electron chi connectivity index (χ4n) is 1.81. The molecule has 0 spiro atoms. The van der Waals surface area contributed by atoms with E-state index >= 15 is 0 Å². The van der Waals surface area contributed by atoms with E-state index in [-0.39, 0.29) is 0 Å². The van der Waals surface area contributed by atoms with E-state index < -0.39 is 0 Å². The topological polar surface area (TPSA) is 47.0 Å². The number of rotatable bonds is 3. The summed E-state index contributed by atoms with van der Waals surface area (Å²) in [5.41, 5.74) is 0. The summed E-state index contributed by atoms with van der Waals surface area (Å²) >= 11 is 5.85. The van der Waals surface area contributed by atoms with Gasteiger partial charge in [-0.1, -0.05) is 11.6 Å². The number of halogens is 1. The van der Waals surface area contributed by atoms with E-state index in [0.29, 0.717) is 17.1 Å². The van der Waals surface area contributed by atoms with E-state index in [2.05, 4.69) is 15.3 Å². The van der Waals surface area contributed by atoms with Crippen LogP contribution in [0.4, 0.5) is 5.82 Å². The SMILES string of the molecule is Cc1nc(Cl)cc(NCC2CCCCO2)n1. The first-order valence-corrected chi connectivity index (χ1v) is 5.98. The maximum absolute atomic E-state index is 5.85. The third-order valence-corrected chi connectivity index (χ3v) is 2.79. The Kier molecular flexibility index (Phi) is 3.96. The molecule has 88 valence electrons. The zero-order valence-electron chi connectivity index (χ0n) is 9.37. The zero-order valence-corrected chi connectivity index (χ0v) is 10.1. The Morgan fingerprint density at radius 2 is 2.38 bits per heavy atom. The van der Waals surface area contributed by atoms with Gasteiger partial charge in [0, 0.05) is 19.2 Å². The van der Waals surface area contributed by atoms with Crippen LogP contribution >= 0.6 is 11.6 Å². The minimum atomic E-state index is 0.294. The summed E-state index contributed by atoms with van der Waals surface area (Å²) in [6.07, 6.45) is 3.83. The Morgan fingerprint density at radius 1 is 1.50 bits per heavy atom. The Bertz CT molecular complexity index is 333. The number of hydrogen-bond donors (Lipinski definition) is 1. The number of hydrogen-bond acceptors (Lipinski definition) is 4. The van der Waals surface area contributed by atoms with Crippen LogP contribution in [0.3, 0.4) is 0 Å². The third kappa shape index (κ3) is 3.32. The van der Waals surface area contributed by atoms with Crippen LogP contribution in [0.25, 0.3) is 0 Å². The predicted molar refractivity (Wildman–Crippen MR) is 63.9 cm³/mol. The fourth-order valence-corrected chi connectivity index (χ4v) is 2.03. The van der Waals surface area contributed by atoms with Crippen molar-refractivity contribution < 1.29 is 4.74 Å². The van der Waals surface area contributed by atoms with Gasteiger partial charge in [-0.25, -0.2) is 9.97 Å². The fraction of sp³-hybridized carbons (Fsp3) is 0.636. The third-order valence-electron chi connectivity index (χ3n) is 2.59. The second-order valence-corrected chi connectivity index (χ2v) is 4.38. The van der Waals surface area contributed by atoms with Gasteiger partial charge in [-0.05, 0) is 26.2 Å². The largest absolute Gasteiger partial charge is 0.376 e. The Hall–Kier alpha value is -0.870. The summed E-state index contributed by atoms with van der Waals surface area (Å²) in [5.74, 6) is 1.45. The molecular weight excluding hydrogens is 226 g/mol. The highest BCUT2D eigenvalue weighted by atomic mass is 35.5. The van der Waals surface area contributed by atoms with Gasteiger partial charge >= 0.3 is 0 Å².